The average Bonchev–Trinajstić information content (AvgIpc) is 2.46. The maximum atomic E-state index is 8.91. The zero-order valence-electron chi connectivity index (χ0n) is 6.71. The van der Waals surface area contributed by atoms with Crippen LogP contribution < -0.4 is 0 Å². The van der Waals surface area contributed by atoms with Crippen LogP contribution in [0.3, 0.4) is 0 Å². The van der Waals surface area contributed by atoms with Gasteiger partial charge in [0.2, 0.25) is 0 Å². The van der Waals surface area contributed by atoms with E-state index in [1.54, 1.807) is 0 Å². The number of hydrogen-bond acceptors (Lipinski definition) is 2. The second kappa shape index (κ2) is 3.35. The first-order chi connectivity index (χ1) is 4.70. The van der Waals surface area contributed by atoms with Crippen LogP contribution in [-0.2, 0) is 4.74 Å². The minimum atomic E-state index is -0.144. The molecule has 0 aromatic rings. The van der Waals surface area contributed by atoms with Gasteiger partial charge in [-0.3, -0.25) is 0 Å². The van der Waals surface area contributed by atoms with Crippen LogP contribution in [0.2, 0.25) is 0 Å². The normalized spacial score (nSPS) is 33.9. The summed E-state index contributed by atoms with van der Waals surface area (Å²) >= 11 is 0. The number of aliphatic hydroxyl groups is 1. The second-order valence-electron chi connectivity index (χ2n) is 3.16. The molecule has 60 valence electrons. The number of hydrogen-bond donors (Lipinski definition) is 1. The second-order valence-corrected chi connectivity index (χ2v) is 3.16. The lowest BCUT2D eigenvalue weighted by Crippen LogP contribution is -2.00. The largest absolute Gasteiger partial charge is 0.393 e. The first-order valence-electron chi connectivity index (χ1n) is 4.03. The average molecular weight is 144 g/mol. The molecule has 3 atom stereocenters. The molecule has 0 bridgehead atoms. The van der Waals surface area contributed by atoms with Crippen LogP contribution in [-0.4, -0.2) is 23.4 Å². The maximum absolute atomic E-state index is 8.91. The Kier molecular flexibility index (Phi) is 2.69. The first kappa shape index (κ1) is 8.02. The summed E-state index contributed by atoms with van der Waals surface area (Å²) in [6.45, 7) is 3.92. The molecule has 1 rings (SSSR count). The lowest BCUT2D eigenvalue weighted by atomic mass is 10.1. The fourth-order valence-electron chi connectivity index (χ4n) is 1.15. The van der Waals surface area contributed by atoms with Gasteiger partial charge in [0.05, 0.1) is 18.3 Å². The molecule has 1 aliphatic rings. The predicted octanol–water partition coefficient (Wildman–Crippen LogP) is 1.32. The molecule has 1 fully saturated rings. The summed E-state index contributed by atoms with van der Waals surface area (Å²) in [6.07, 6.45) is 3.95. The van der Waals surface area contributed by atoms with Gasteiger partial charge in [-0.25, -0.2) is 0 Å². The van der Waals surface area contributed by atoms with Gasteiger partial charge in [-0.1, -0.05) is 0 Å². The Hall–Kier alpha value is -0.0800. The number of aliphatic hydroxyl groups excluding tert-OH is 1. The van der Waals surface area contributed by atoms with E-state index >= 15 is 0 Å². The Bertz CT molecular complexity index is 101. The van der Waals surface area contributed by atoms with E-state index < -0.39 is 0 Å². The van der Waals surface area contributed by atoms with Crippen LogP contribution in [0.1, 0.15) is 33.1 Å². The van der Waals surface area contributed by atoms with Gasteiger partial charge in [-0.2, -0.15) is 0 Å². The number of rotatable bonds is 4. The summed E-state index contributed by atoms with van der Waals surface area (Å²) in [5.41, 5.74) is 0. The van der Waals surface area contributed by atoms with Crippen LogP contribution in [0.5, 0.6) is 0 Å². The predicted molar refractivity (Wildman–Crippen MR) is 39.9 cm³/mol. The Balaban J connectivity index is 1.87. The lowest BCUT2D eigenvalue weighted by Gasteiger charge is -2.00. The maximum Gasteiger partial charge on any atom is 0.0839 e. The van der Waals surface area contributed by atoms with Crippen LogP contribution >= 0.6 is 0 Å². The molecule has 1 N–H and O–H groups in total. The van der Waals surface area contributed by atoms with E-state index in [1.165, 1.54) is 0 Å². The van der Waals surface area contributed by atoms with Gasteiger partial charge in [0.25, 0.3) is 0 Å². The van der Waals surface area contributed by atoms with E-state index in [0.717, 1.165) is 19.3 Å². The van der Waals surface area contributed by atoms with Crippen molar-refractivity contribution in [2.24, 2.45) is 0 Å². The topological polar surface area (TPSA) is 32.8 Å². The summed E-state index contributed by atoms with van der Waals surface area (Å²) in [5.74, 6) is 0. The van der Waals surface area contributed by atoms with E-state index in [0.29, 0.717) is 12.2 Å². The van der Waals surface area contributed by atoms with E-state index in [4.69, 9.17) is 9.84 Å². The zero-order chi connectivity index (χ0) is 7.56. The molecule has 1 saturated heterocycles. The monoisotopic (exact) mass is 144 g/mol. The number of epoxide rings is 1. The molecule has 0 aromatic carbocycles. The molecule has 0 amide bonds. The van der Waals surface area contributed by atoms with Gasteiger partial charge < -0.3 is 9.84 Å². The Morgan fingerprint density at radius 3 is 2.60 bits per heavy atom. The van der Waals surface area contributed by atoms with E-state index in [2.05, 4.69) is 6.92 Å². The molecule has 0 spiro atoms. The molecule has 1 heterocycles. The minimum Gasteiger partial charge on any atom is -0.393 e. The summed E-state index contributed by atoms with van der Waals surface area (Å²) in [7, 11) is 0. The summed E-state index contributed by atoms with van der Waals surface area (Å²) in [4.78, 5) is 0. The van der Waals surface area contributed by atoms with Gasteiger partial charge >= 0.3 is 0 Å². The molecule has 1 aliphatic heterocycles. The standard InChI is InChI=1S/C8H16O2/c1-6(9)4-3-5-8-7(2)10-8/h6-9H,3-5H2,1-2H3. The lowest BCUT2D eigenvalue weighted by molar-refractivity contribution is 0.179. The molecule has 0 aliphatic carbocycles. The van der Waals surface area contributed by atoms with Crippen molar-refractivity contribution in [1.82, 2.24) is 0 Å². The Labute approximate surface area is 62.2 Å². The Morgan fingerprint density at radius 2 is 2.20 bits per heavy atom. The third-order valence-electron chi connectivity index (χ3n) is 1.95. The first-order valence-corrected chi connectivity index (χ1v) is 4.03. The van der Waals surface area contributed by atoms with Gasteiger partial charge in [0.15, 0.2) is 0 Å². The van der Waals surface area contributed by atoms with Crippen LogP contribution in [0.4, 0.5) is 0 Å². The van der Waals surface area contributed by atoms with Gasteiger partial charge in [0.1, 0.15) is 0 Å². The van der Waals surface area contributed by atoms with Crippen molar-refractivity contribution >= 4 is 0 Å². The molecular formula is C8H16O2. The van der Waals surface area contributed by atoms with Crippen LogP contribution in [0.15, 0.2) is 0 Å². The van der Waals surface area contributed by atoms with E-state index in [1.807, 2.05) is 6.92 Å². The SMILES string of the molecule is CC(O)CCCC1OC1C. The quantitative estimate of drug-likeness (QED) is 0.604. The number of ether oxygens (including phenoxy) is 1. The van der Waals surface area contributed by atoms with Gasteiger partial charge in [0, 0.05) is 0 Å². The van der Waals surface area contributed by atoms with Crippen LogP contribution in [0.25, 0.3) is 0 Å². The summed E-state index contributed by atoms with van der Waals surface area (Å²) in [6, 6.07) is 0. The molecule has 0 aromatic heterocycles. The molecule has 0 saturated carbocycles. The summed E-state index contributed by atoms with van der Waals surface area (Å²) < 4.78 is 5.22. The highest BCUT2D eigenvalue weighted by Crippen LogP contribution is 2.26. The van der Waals surface area contributed by atoms with Crippen molar-refractivity contribution in [2.75, 3.05) is 0 Å². The van der Waals surface area contributed by atoms with Crippen molar-refractivity contribution in [3.8, 4) is 0 Å². The third-order valence-corrected chi connectivity index (χ3v) is 1.95. The fourth-order valence-corrected chi connectivity index (χ4v) is 1.15. The van der Waals surface area contributed by atoms with Crippen molar-refractivity contribution in [3.05, 3.63) is 0 Å². The fraction of sp³-hybridized carbons (Fsp3) is 1.00. The zero-order valence-corrected chi connectivity index (χ0v) is 6.71. The van der Waals surface area contributed by atoms with E-state index in [-0.39, 0.29) is 6.10 Å². The van der Waals surface area contributed by atoms with E-state index in [9.17, 15) is 0 Å². The highest BCUT2D eigenvalue weighted by atomic mass is 16.6. The summed E-state index contributed by atoms with van der Waals surface area (Å²) in [5, 5.41) is 8.91. The molecular weight excluding hydrogens is 128 g/mol. The molecule has 3 unspecified atom stereocenters. The Morgan fingerprint density at radius 1 is 1.60 bits per heavy atom. The minimum absolute atomic E-state index is 0.144. The van der Waals surface area contributed by atoms with Crippen molar-refractivity contribution in [3.63, 3.8) is 0 Å². The van der Waals surface area contributed by atoms with Crippen molar-refractivity contribution in [2.45, 2.75) is 51.4 Å². The molecule has 10 heavy (non-hydrogen) atoms. The molecule has 2 heteroatoms. The molecule has 0 radical (unpaired) electrons. The third kappa shape index (κ3) is 2.67. The van der Waals surface area contributed by atoms with Gasteiger partial charge in [-0.15, -0.1) is 0 Å². The van der Waals surface area contributed by atoms with Gasteiger partial charge in [-0.05, 0) is 33.1 Å². The smallest absolute Gasteiger partial charge is 0.0839 e. The van der Waals surface area contributed by atoms with Crippen molar-refractivity contribution in [1.29, 1.82) is 0 Å². The highest BCUT2D eigenvalue weighted by Gasteiger charge is 2.32. The molecule has 2 nitrogen and oxygen atoms in total. The van der Waals surface area contributed by atoms with Crippen LogP contribution in [0, 0.1) is 0 Å². The highest BCUT2D eigenvalue weighted by molar-refractivity contribution is 4.79. The van der Waals surface area contributed by atoms with Crippen molar-refractivity contribution < 1.29 is 9.84 Å².